The first-order chi connectivity index (χ1) is 8.93. The molecule has 1 N–H and O–H groups in total. The van der Waals surface area contributed by atoms with Crippen molar-refractivity contribution < 1.29 is 4.92 Å². The lowest BCUT2D eigenvalue weighted by Crippen LogP contribution is -2.27. The number of nitrogens with zero attached hydrogens (tertiary/aromatic N) is 1. The Bertz CT molecular complexity index is 435. The zero-order valence-corrected chi connectivity index (χ0v) is 12.4. The van der Waals surface area contributed by atoms with Crippen LogP contribution in [0.5, 0.6) is 0 Å². The molecule has 0 saturated heterocycles. The second kappa shape index (κ2) is 7.46. The van der Waals surface area contributed by atoms with Gasteiger partial charge in [-0.3, -0.25) is 10.1 Å². The monoisotopic (exact) mass is 284 g/mol. The molecule has 19 heavy (non-hydrogen) atoms. The number of halogens is 1. The molecule has 5 heteroatoms. The Balaban J connectivity index is 2.74. The Morgan fingerprint density at radius 3 is 2.63 bits per heavy atom. The van der Waals surface area contributed by atoms with Gasteiger partial charge < -0.3 is 5.32 Å². The fraction of sp³-hybridized carbons (Fsp3) is 0.571. The average molecular weight is 285 g/mol. The van der Waals surface area contributed by atoms with Crippen LogP contribution in [0.1, 0.15) is 32.3 Å². The minimum absolute atomic E-state index is 0.118. The molecule has 0 spiro atoms. The molecule has 1 unspecified atom stereocenters. The number of nitro benzene ring substituents is 1. The zero-order chi connectivity index (χ0) is 14.4. The normalized spacial score (nSPS) is 12.7. The van der Waals surface area contributed by atoms with Gasteiger partial charge in [-0.05, 0) is 38.3 Å². The molecule has 0 fully saturated rings. The van der Waals surface area contributed by atoms with Gasteiger partial charge in [0, 0.05) is 22.7 Å². The summed E-state index contributed by atoms with van der Waals surface area (Å²) in [7, 11) is 1.93. The summed E-state index contributed by atoms with van der Waals surface area (Å²) in [5.74, 6) is 0.609. The highest BCUT2D eigenvalue weighted by Crippen LogP contribution is 2.25. The molecule has 1 atom stereocenters. The third-order valence-electron chi connectivity index (χ3n) is 3.17. The van der Waals surface area contributed by atoms with Crippen LogP contribution < -0.4 is 5.32 Å². The second-order valence-corrected chi connectivity index (χ2v) is 5.62. The summed E-state index contributed by atoms with van der Waals surface area (Å²) in [6.07, 6.45) is 2.64. The fourth-order valence-corrected chi connectivity index (χ4v) is 2.36. The molecule has 1 aromatic carbocycles. The highest BCUT2D eigenvalue weighted by Gasteiger charge is 2.16. The topological polar surface area (TPSA) is 55.2 Å². The molecule has 0 aromatic heterocycles. The van der Waals surface area contributed by atoms with Gasteiger partial charge in [-0.1, -0.05) is 31.5 Å². The molecule has 0 saturated carbocycles. The molecular weight excluding hydrogens is 264 g/mol. The summed E-state index contributed by atoms with van der Waals surface area (Å²) >= 11 is 5.80. The Morgan fingerprint density at radius 2 is 2.11 bits per heavy atom. The van der Waals surface area contributed by atoms with Crippen molar-refractivity contribution in [2.24, 2.45) is 5.92 Å². The van der Waals surface area contributed by atoms with Crippen molar-refractivity contribution in [2.45, 2.75) is 39.2 Å². The number of nitro groups is 1. The molecule has 1 rings (SSSR count). The van der Waals surface area contributed by atoms with E-state index in [-0.39, 0.29) is 10.6 Å². The van der Waals surface area contributed by atoms with E-state index in [2.05, 4.69) is 19.2 Å². The first-order valence-electron chi connectivity index (χ1n) is 6.54. The van der Waals surface area contributed by atoms with Crippen molar-refractivity contribution >= 4 is 17.3 Å². The molecule has 106 valence electrons. The molecule has 4 nitrogen and oxygen atoms in total. The average Bonchev–Trinajstić information content (AvgIpc) is 2.34. The van der Waals surface area contributed by atoms with E-state index in [1.807, 2.05) is 7.05 Å². The standard InChI is InChI=1S/C14H21ClN2O2/c1-10(2)8-13(16-3)7-5-11-4-6-12(15)9-14(11)17(18)19/h4,6,9-10,13,16H,5,7-8H2,1-3H3. The Kier molecular flexibility index (Phi) is 6.25. The van der Waals surface area contributed by atoms with Crippen LogP contribution in [0.25, 0.3) is 0 Å². The second-order valence-electron chi connectivity index (χ2n) is 5.18. The number of benzene rings is 1. The highest BCUT2D eigenvalue weighted by atomic mass is 35.5. The highest BCUT2D eigenvalue weighted by molar-refractivity contribution is 6.30. The predicted octanol–water partition coefficient (Wildman–Crippen LogP) is 3.81. The number of nitrogens with one attached hydrogen (secondary N) is 1. The summed E-state index contributed by atoms with van der Waals surface area (Å²) in [5.41, 5.74) is 0.866. The molecule has 0 aliphatic heterocycles. The van der Waals surface area contributed by atoms with Crippen LogP contribution in [0.15, 0.2) is 18.2 Å². The lowest BCUT2D eigenvalue weighted by molar-refractivity contribution is -0.385. The van der Waals surface area contributed by atoms with Gasteiger partial charge in [-0.25, -0.2) is 0 Å². The van der Waals surface area contributed by atoms with Crippen LogP contribution in [-0.4, -0.2) is 18.0 Å². The van der Waals surface area contributed by atoms with Crippen LogP contribution in [0, 0.1) is 16.0 Å². The van der Waals surface area contributed by atoms with Crippen molar-refractivity contribution in [3.05, 3.63) is 38.9 Å². The van der Waals surface area contributed by atoms with E-state index < -0.39 is 0 Å². The summed E-state index contributed by atoms with van der Waals surface area (Å²) in [5, 5.41) is 14.7. The van der Waals surface area contributed by atoms with Gasteiger partial charge in [-0.2, -0.15) is 0 Å². The molecule has 0 aliphatic carbocycles. The minimum atomic E-state index is -0.363. The summed E-state index contributed by atoms with van der Waals surface area (Å²) in [6, 6.07) is 5.27. The van der Waals surface area contributed by atoms with Crippen molar-refractivity contribution in [3.63, 3.8) is 0 Å². The van der Waals surface area contributed by atoms with Crippen molar-refractivity contribution in [2.75, 3.05) is 7.05 Å². The lowest BCUT2D eigenvalue weighted by Gasteiger charge is -2.18. The number of rotatable bonds is 7. The van der Waals surface area contributed by atoms with Crippen molar-refractivity contribution in [1.29, 1.82) is 0 Å². The van der Waals surface area contributed by atoms with Crippen LogP contribution in [0.2, 0.25) is 5.02 Å². The molecular formula is C14H21ClN2O2. The van der Waals surface area contributed by atoms with Crippen LogP contribution >= 0.6 is 11.6 Å². The largest absolute Gasteiger partial charge is 0.317 e. The Morgan fingerprint density at radius 1 is 1.42 bits per heavy atom. The zero-order valence-electron chi connectivity index (χ0n) is 11.6. The van der Waals surface area contributed by atoms with E-state index in [1.165, 1.54) is 6.07 Å². The molecule has 0 amide bonds. The molecule has 0 heterocycles. The molecule has 0 bridgehead atoms. The maximum Gasteiger partial charge on any atom is 0.274 e. The number of hydrogen-bond donors (Lipinski definition) is 1. The van der Waals surface area contributed by atoms with Crippen molar-refractivity contribution in [1.82, 2.24) is 5.32 Å². The molecule has 0 radical (unpaired) electrons. The number of aryl methyl sites for hydroxylation is 1. The van der Waals surface area contributed by atoms with E-state index >= 15 is 0 Å². The van der Waals surface area contributed by atoms with Gasteiger partial charge in [0.05, 0.1) is 4.92 Å². The third-order valence-corrected chi connectivity index (χ3v) is 3.41. The predicted molar refractivity (Wildman–Crippen MR) is 78.7 cm³/mol. The van der Waals surface area contributed by atoms with Gasteiger partial charge in [0.2, 0.25) is 0 Å². The summed E-state index contributed by atoms with van der Waals surface area (Å²) in [4.78, 5) is 10.6. The van der Waals surface area contributed by atoms with E-state index in [0.29, 0.717) is 23.4 Å². The van der Waals surface area contributed by atoms with E-state index in [0.717, 1.165) is 18.4 Å². The van der Waals surface area contributed by atoms with Crippen LogP contribution in [-0.2, 0) is 6.42 Å². The quantitative estimate of drug-likeness (QED) is 0.612. The minimum Gasteiger partial charge on any atom is -0.317 e. The van der Waals surface area contributed by atoms with Gasteiger partial charge in [0.1, 0.15) is 0 Å². The maximum absolute atomic E-state index is 11.0. The summed E-state index contributed by atoms with van der Waals surface area (Å²) < 4.78 is 0. The summed E-state index contributed by atoms with van der Waals surface area (Å²) in [6.45, 7) is 4.35. The van der Waals surface area contributed by atoms with E-state index in [1.54, 1.807) is 12.1 Å². The van der Waals surface area contributed by atoms with Crippen LogP contribution in [0.4, 0.5) is 5.69 Å². The SMILES string of the molecule is CNC(CCc1ccc(Cl)cc1[N+](=O)[O-])CC(C)C. The first-order valence-corrected chi connectivity index (χ1v) is 6.92. The first kappa shape index (κ1) is 15.9. The van der Waals surface area contributed by atoms with Crippen molar-refractivity contribution in [3.8, 4) is 0 Å². The Labute approximate surface area is 119 Å². The Hall–Kier alpha value is -1.13. The van der Waals surface area contributed by atoms with Gasteiger partial charge in [0.15, 0.2) is 0 Å². The third kappa shape index (κ3) is 5.17. The lowest BCUT2D eigenvalue weighted by atomic mass is 9.97. The smallest absolute Gasteiger partial charge is 0.274 e. The number of hydrogen-bond acceptors (Lipinski definition) is 3. The van der Waals surface area contributed by atoms with E-state index in [9.17, 15) is 10.1 Å². The van der Waals surface area contributed by atoms with Gasteiger partial charge in [-0.15, -0.1) is 0 Å². The maximum atomic E-state index is 11.0. The molecule has 0 aliphatic rings. The fourth-order valence-electron chi connectivity index (χ4n) is 2.20. The van der Waals surface area contributed by atoms with Crippen LogP contribution in [0.3, 0.4) is 0 Å². The molecule has 1 aromatic rings. The van der Waals surface area contributed by atoms with Gasteiger partial charge in [0.25, 0.3) is 5.69 Å². The van der Waals surface area contributed by atoms with E-state index in [4.69, 9.17) is 11.6 Å². The van der Waals surface area contributed by atoms with Gasteiger partial charge >= 0.3 is 0 Å².